The molecule has 2 aromatic heterocycles. The number of aromatic nitrogens is 3. The van der Waals surface area contributed by atoms with Crippen LogP contribution in [-0.4, -0.2) is 33.4 Å². The minimum atomic E-state index is -0.155. The molecule has 2 rings (SSSR count). The van der Waals surface area contributed by atoms with Crippen molar-refractivity contribution in [3.8, 4) is 0 Å². The van der Waals surface area contributed by atoms with Gasteiger partial charge in [0.2, 0.25) is 5.91 Å². The van der Waals surface area contributed by atoms with Gasteiger partial charge in [0, 0.05) is 24.5 Å². The molecule has 2 atom stereocenters. The molecule has 0 bridgehead atoms. The summed E-state index contributed by atoms with van der Waals surface area (Å²) in [6, 6.07) is 3.82. The summed E-state index contributed by atoms with van der Waals surface area (Å²) in [6.45, 7) is 6.04. The Kier molecular flexibility index (Phi) is 4.52. The van der Waals surface area contributed by atoms with Crippen LogP contribution in [0, 0.1) is 6.92 Å². The van der Waals surface area contributed by atoms with Crippen molar-refractivity contribution in [1.82, 2.24) is 20.3 Å². The summed E-state index contributed by atoms with van der Waals surface area (Å²) < 4.78 is 6.74. The van der Waals surface area contributed by atoms with Crippen molar-refractivity contribution in [2.45, 2.75) is 32.9 Å². The Morgan fingerprint density at radius 2 is 2.30 bits per heavy atom. The van der Waals surface area contributed by atoms with E-state index in [1.165, 1.54) is 0 Å². The van der Waals surface area contributed by atoms with Gasteiger partial charge in [-0.05, 0) is 26.8 Å². The van der Waals surface area contributed by atoms with Crippen molar-refractivity contribution < 1.29 is 9.32 Å². The molecule has 0 aliphatic heterocycles. The van der Waals surface area contributed by atoms with E-state index in [0.717, 1.165) is 0 Å². The fourth-order valence-electron chi connectivity index (χ4n) is 1.79. The predicted octanol–water partition coefficient (Wildman–Crippen LogP) is 1.36. The number of aryl methyl sites for hydroxylation is 1. The third-order valence-electron chi connectivity index (χ3n) is 3.15. The van der Waals surface area contributed by atoms with Gasteiger partial charge in [-0.15, -0.1) is 0 Å². The molecule has 2 unspecified atom stereocenters. The van der Waals surface area contributed by atoms with Crippen LogP contribution in [0.1, 0.15) is 25.6 Å². The molecule has 0 saturated carbocycles. The largest absolute Gasteiger partial charge is 0.360 e. The van der Waals surface area contributed by atoms with Gasteiger partial charge < -0.3 is 15.2 Å². The number of amides is 1. The second kappa shape index (κ2) is 6.33. The smallest absolute Gasteiger partial charge is 0.239 e. The molecular weight excluding hydrogens is 258 g/mol. The molecule has 2 aromatic rings. The lowest BCUT2D eigenvalue weighted by atomic mass is 10.2. The zero-order chi connectivity index (χ0) is 14.5. The summed E-state index contributed by atoms with van der Waals surface area (Å²) in [5.41, 5.74) is 0. The van der Waals surface area contributed by atoms with Crippen LogP contribution in [0.25, 0.3) is 0 Å². The van der Waals surface area contributed by atoms with Crippen LogP contribution in [-0.2, 0) is 4.79 Å². The number of nitrogens with one attached hydrogen (secondary N) is 2. The van der Waals surface area contributed by atoms with E-state index in [1.54, 1.807) is 19.2 Å². The van der Waals surface area contributed by atoms with E-state index < -0.39 is 0 Å². The SMILES string of the molecule is Cc1cc(NC(=O)CNC(C)C(C)n2cccn2)no1. The average Bonchev–Trinajstić information content (AvgIpc) is 3.07. The Labute approximate surface area is 117 Å². The highest BCUT2D eigenvalue weighted by atomic mass is 16.5. The van der Waals surface area contributed by atoms with Gasteiger partial charge in [-0.25, -0.2) is 0 Å². The van der Waals surface area contributed by atoms with Crippen LogP contribution in [0.15, 0.2) is 29.0 Å². The van der Waals surface area contributed by atoms with Crippen molar-refractivity contribution in [2.24, 2.45) is 0 Å². The molecular formula is C13H19N5O2. The van der Waals surface area contributed by atoms with Crippen LogP contribution in [0.2, 0.25) is 0 Å². The minimum absolute atomic E-state index is 0.111. The van der Waals surface area contributed by atoms with Crippen molar-refractivity contribution >= 4 is 11.7 Å². The highest BCUT2D eigenvalue weighted by Crippen LogP contribution is 2.09. The lowest BCUT2D eigenvalue weighted by molar-refractivity contribution is -0.115. The Morgan fingerprint density at radius 3 is 2.90 bits per heavy atom. The molecule has 2 heterocycles. The van der Waals surface area contributed by atoms with Crippen molar-refractivity contribution in [1.29, 1.82) is 0 Å². The maximum absolute atomic E-state index is 11.8. The average molecular weight is 277 g/mol. The highest BCUT2D eigenvalue weighted by Gasteiger charge is 2.15. The molecule has 7 nitrogen and oxygen atoms in total. The fraction of sp³-hybridized carbons (Fsp3) is 0.462. The second-order valence-corrected chi connectivity index (χ2v) is 4.77. The molecule has 20 heavy (non-hydrogen) atoms. The van der Waals surface area contributed by atoms with Gasteiger partial charge in [0.1, 0.15) is 5.76 Å². The minimum Gasteiger partial charge on any atom is -0.360 e. The first kappa shape index (κ1) is 14.3. The second-order valence-electron chi connectivity index (χ2n) is 4.77. The monoisotopic (exact) mass is 277 g/mol. The molecule has 0 fully saturated rings. The number of nitrogens with zero attached hydrogens (tertiary/aromatic N) is 3. The number of carbonyl (C=O) groups is 1. The lowest BCUT2D eigenvalue weighted by Gasteiger charge is -2.21. The molecule has 7 heteroatoms. The molecule has 0 aliphatic carbocycles. The number of hydrogen-bond acceptors (Lipinski definition) is 5. The van der Waals surface area contributed by atoms with Crippen molar-refractivity contribution in [3.05, 3.63) is 30.3 Å². The van der Waals surface area contributed by atoms with Crippen LogP contribution in [0.4, 0.5) is 5.82 Å². The van der Waals surface area contributed by atoms with Gasteiger partial charge in [-0.1, -0.05) is 5.16 Å². The Hall–Kier alpha value is -2.15. The lowest BCUT2D eigenvalue weighted by Crippen LogP contribution is -2.39. The van der Waals surface area contributed by atoms with Gasteiger partial charge in [-0.3, -0.25) is 9.48 Å². The standard InChI is InChI=1S/C13H19N5O2/c1-9-7-12(17-20-9)16-13(19)8-14-10(2)11(3)18-6-4-5-15-18/h4-7,10-11,14H,8H2,1-3H3,(H,16,17,19). The van der Waals surface area contributed by atoms with E-state index in [2.05, 4.69) is 20.9 Å². The van der Waals surface area contributed by atoms with E-state index in [-0.39, 0.29) is 24.5 Å². The summed E-state index contributed by atoms with van der Waals surface area (Å²) >= 11 is 0. The van der Waals surface area contributed by atoms with Crippen LogP contribution >= 0.6 is 0 Å². The first-order chi connectivity index (χ1) is 9.56. The van der Waals surface area contributed by atoms with Crippen LogP contribution < -0.4 is 10.6 Å². The normalized spacial score (nSPS) is 13.9. The zero-order valence-corrected chi connectivity index (χ0v) is 11.8. The van der Waals surface area contributed by atoms with Crippen molar-refractivity contribution in [2.75, 3.05) is 11.9 Å². The van der Waals surface area contributed by atoms with Gasteiger partial charge in [0.25, 0.3) is 0 Å². The maximum Gasteiger partial charge on any atom is 0.239 e. The summed E-state index contributed by atoms with van der Waals surface area (Å²) in [7, 11) is 0. The van der Waals surface area contributed by atoms with Crippen LogP contribution in [0.3, 0.4) is 0 Å². The molecule has 0 saturated heterocycles. The summed E-state index contributed by atoms with van der Waals surface area (Å²) in [6.07, 6.45) is 3.64. The van der Waals surface area contributed by atoms with E-state index in [1.807, 2.05) is 30.8 Å². The predicted molar refractivity (Wildman–Crippen MR) is 74.3 cm³/mol. The molecule has 2 N–H and O–H groups in total. The van der Waals surface area contributed by atoms with Gasteiger partial charge >= 0.3 is 0 Å². The summed E-state index contributed by atoms with van der Waals surface area (Å²) in [5.74, 6) is 0.939. The Morgan fingerprint density at radius 1 is 1.50 bits per heavy atom. The van der Waals surface area contributed by atoms with E-state index in [4.69, 9.17) is 4.52 Å². The van der Waals surface area contributed by atoms with Crippen LogP contribution in [0.5, 0.6) is 0 Å². The quantitative estimate of drug-likeness (QED) is 0.832. The number of hydrogen-bond donors (Lipinski definition) is 2. The molecule has 0 aromatic carbocycles. The molecule has 1 amide bonds. The van der Waals surface area contributed by atoms with E-state index in [9.17, 15) is 4.79 Å². The van der Waals surface area contributed by atoms with Gasteiger partial charge in [-0.2, -0.15) is 5.10 Å². The number of rotatable bonds is 6. The highest BCUT2D eigenvalue weighted by molar-refractivity contribution is 5.91. The van der Waals surface area contributed by atoms with Gasteiger partial charge in [0.05, 0.1) is 12.6 Å². The number of carbonyl (C=O) groups excluding carboxylic acids is 1. The first-order valence-corrected chi connectivity index (χ1v) is 6.52. The molecule has 108 valence electrons. The maximum atomic E-state index is 11.8. The first-order valence-electron chi connectivity index (χ1n) is 6.52. The molecule has 0 aliphatic rings. The van der Waals surface area contributed by atoms with E-state index in [0.29, 0.717) is 11.6 Å². The Bertz CT molecular complexity index is 549. The third-order valence-corrected chi connectivity index (χ3v) is 3.15. The molecule has 0 radical (unpaired) electrons. The van der Waals surface area contributed by atoms with E-state index >= 15 is 0 Å². The topological polar surface area (TPSA) is 85.0 Å². The molecule has 0 spiro atoms. The summed E-state index contributed by atoms with van der Waals surface area (Å²) in [4.78, 5) is 11.8. The summed E-state index contributed by atoms with van der Waals surface area (Å²) in [5, 5.41) is 13.7. The third kappa shape index (κ3) is 3.67. The zero-order valence-electron chi connectivity index (χ0n) is 11.8. The fourth-order valence-corrected chi connectivity index (χ4v) is 1.79. The van der Waals surface area contributed by atoms with Crippen molar-refractivity contribution in [3.63, 3.8) is 0 Å². The Balaban J connectivity index is 1.78. The van der Waals surface area contributed by atoms with Gasteiger partial charge in [0.15, 0.2) is 5.82 Å². The number of anilines is 1.